The van der Waals surface area contributed by atoms with Gasteiger partial charge in [0.1, 0.15) is 5.69 Å². The van der Waals surface area contributed by atoms with Gasteiger partial charge in [-0.1, -0.05) is 0 Å². The predicted molar refractivity (Wildman–Crippen MR) is 53.0 cm³/mol. The van der Waals surface area contributed by atoms with Gasteiger partial charge in [0.05, 0.1) is 12.2 Å². The van der Waals surface area contributed by atoms with Gasteiger partial charge in [-0.3, -0.25) is 14.6 Å². The molecule has 0 atom stereocenters. The van der Waals surface area contributed by atoms with Crippen LogP contribution < -0.4 is 5.48 Å². The van der Waals surface area contributed by atoms with E-state index < -0.39 is 12.3 Å². The lowest BCUT2D eigenvalue weighted by atomic mass is 10.1. The van der Waals surface area contributed by atoms with Crippen molar-refractivity contribution in [2.24, 2.45) is 0 Å². The highest BCUT2D eigenvalue weighted by Crippen LogP contribution is 2.18. The van der Waals surface area contributed by atoms with E-state index in [-0.39, 0.29) is 11.3 Å². The minimum Gasteiger partial charge on any atom is -0.274 e. The number of nitrogens with one attached hydrogen (secondary N) is 1. The van der Waals surface area contributed by atoms with Crippen LogP contribution in [0.1, 0.15) is 35.0 Å². The molecule has 0 bridgehead atoms. The maximum atomic E-state index is 12.3. The molecule has 0 aliphatic rings. The molecule has 1 aromatic heterocycles. The lowest BCUT2D eigenvalue weighted by Crippen LogP contribution is -2.24. The molecule has 0 spiro atoms. The summed E-state index contributed by atoms with van der Waals surface area (Å²) in [5.74, 6) is -0.493. The SMILES string of the molecule is CCONC(=O)c1cnc(C(F)F)cc1C. The van der Waals surface area contributed by atoms with Crippen molar-refractivity contribution < 1.29 is 18.4 Å². The van der Waals surface area contributed by atoms with Crippen molar-refractivity contribution in [3.8, 4) is 0 Å². The summed E-state index contributed by atoms with van der Waals surface area (Å²) in [6, 6.07) is 1.19. The third-order valence-electron chi connectivity index (χ3n) is 1.91. The van der Waals surface area contributed by atoms with Gasteiger partial charge in [-0.25, -0.2) is 14.3 Å². The minimum atomic E-state index is -2.64. The average molecular weight is 230 g/mol. The first kappa shape index (κ1) is 12.5. The summed E-state index contributed by atoms with van der Waals surface area (Å²) in [4.78, 5) is 19.7. The molecule has 0 unspecified atom stereocenters. The highest BCUT2D eigenvalue weighted by atomic mass is 19.3. The Bertz CT molecular complexity index is 383. The minimum absolute atomic E-state index is 0.220. The van der Waals surface area contributed by atoms with Crippen molar-refractivity contribution in [2.75, 3.05) is 6.61 Å². The van der Waals surface area contributed by atoms with Crippen molar-refractivity contribution >= 4 is 5.91 Å². The monoisotopic (exact) mass is 230 g/mol. The Morgan fingerprint density at radius 1 is 1.62 bits per heavy atom. The zero-order valence-electron chi connectivity index (χ0n) is 8.96. The van der Waals surface area contributed by atoms with Gasteiger partial charge in [-0.2, -0.15) is 0 Å². The van der Waals surface area contributed by atoms with Gasteiger partial charge in [0.15, 0.2) is 0 Å². The van der Waals surface area contributed by atoms with Gasteiger partial charge < -0.3 is 0 Å². The summed E-state index contributed by atoms with van der Waals surface area (Å²) in [5.41, 5.74) is 2.48. The summed E-state index contributed by atoms with van der Waals surface area (Å²) in [7, 11) is 0. The van der Waals surface area contributed by atoms with E-state index in [4.69, 9.17) is 4.84 Å². The highest BCUT2D eigenvalue weighted by Gasteiger charge is 2.14. The van der Waals surface area contributed by atoms with Crippen LogP contribution in [0.4, 0.5) is 8.78 Å². The molecule has 0 radical (unpaired) electrons. The van der Waals surface area contributed by atoms with E-state index in [2.05, 4.69) is 10.5 Å². The maximum absolute atomic E-state index is 12.3. The van der Waals surface area contributed by atoms with Gasteiger partial charge in [0.2, 0.25) is 0 Å². The second kappa shape index (κ2) is 5.50. The number of carbonyl (C=O) groups excluding carboxylic acids is 1. The molecule has 4 nitrogen and oxygen atoms in total. The number of hydrogen-bond acceptors (Lipinski definition) is 3. The molecule has 1 aromatic rings. The second-order valence-corrected chi connectivity index (χ2v) is 3.09. The van der Waals surface area contributed by atoms with Crippen LogP contribution in [0.25, 0.3) is 0 Å². The summed E-state index contributed by atoms with van der Waals surface area (Å²) in [6.45, 7) is 3.60. The van der Waals surface area contributed by atoms with Crippen molar-refractivity contribution in [1.82, 2.24) is 10.5 Å². The Morgan fingerprint density at radius 2 is 2.31 bits per heavy atom. The van der Waals surface area contributed by atoms with Gasteiger partial charge in [0.25, 0.3) is 12.3 Å². The molecule has 0 fully saturated rings. The fraction of sp³-hybridized carbons (Fsp3) is 0.400. The van der Waals surface area contributed by atoms with Gasteiger partial charge in [-0.05, 0) is 25.5 Å². The fourth-order valence-corrected chi connectivity index (χ4v) is 1.13. The molecule has 0 aliphatic carbocycles. The predicted octanol–water partition coefficient (Wildman–Crippen LogP) is 2.01. The largest absolute Gasteiger partial charge is 0.280 e. The Morgan fingerprint density at radius 3 is 2.81 bits per heavy atom. The van der Waals surface area contributed by atoms with Crippen molar-refractivity contribution in [2.45, 2.75) is 20.3 Å². The van der Waals surface area contributed by atoms with E-state index in [1.54, 1.807) is 13.8 Å². The molecule has 0 aliphatic heterocycles. The third kappa shape index (κ3) is 2.96. The molecular formula is C10H12F2N2O2. The van der Waals surface area contributed by atoms with Crippen molar-refractivity contribution in [3.05, 3.63) is 29.1 Å². The molecule has 1 heterocycles. The van der Waals surface area contributed by atoms with Crippen molar-refractivity contribution in [1.29, 1.82) is 0 Å². The van der Waals surface area contributed by atoms with Crippen LogP contribution in [0, 0.1) is 6.92 Å². The Kier molecular flexibility index (Phi) is 4.30. The fourth-order valence-electron chi connectivity index (χ4n) is 1.13. The van der Waals surface area contributed by atoms with Crippen LogP contribution in [-0.4, -0.2) is 17.5 Å². The number of hydrogen-bond donors (Lipinski definition) is 1. The van der Waals surface area contributed by atoms with Crippen LogP contribution in [-0.2, 0) is 4.84 Å². The number of aryl methyl sites for hydroxylation is 1. The zero-order chi connectivity index (χ0) is 12.1. The first-order valence-corrected chi connectivity index (χ1v) is 4.73. The lowest BCUT2D eigenvalue weighted by molar-refractivity contribution is 0.0363. The first-order valence-electron chi connectivity index (χ1n) is 4.73. The number of hydroxylamine groups is 1. The third-order valence-corrected chi connectivity index (χ3v) is 1.91. The highest BCUT2D eigenvalue weighted by molar-refractivity contribution is 5.94. The summed E-state index contributed by atoms with van der Waals surface area (Å²) < 4.78 is 24.6. The van der Waals surface area contributed by atoms with E-state index in [0.717, 1.165) is 6.20 Å². The van der Waals surface area contributed by atoms with Crippen LogP contribution in [0.3, 0.4) is 0 Å². The molecule has 0 saturated carbocycles. The van der Waals surface area contributed by atoms with Crippen LogP contribution in [0.5, 0.6) is 0 Å². The molecule has 88 valence electrons. The summed E-state index contributed by atoms with van der Waals surface area (Å²) in [5, 5.41) is 0. The molecular weight excluding hydrogens is 218 g/mol. The zero-order valence-corrected chi connectivity index (χ0v) is 8.96. The normalized spacial score (nSPS) is 10.6. The summed E-state index contributed by atoms with van der Waals surface area (Å²) in [6.07, 6.45) is -1.52. The van der Waals surface area contributed by atoms with Crippen LogP contribution >= 0.6 is 0 Å². The maximum Gasteiger partial charge on any atom is 0.280 e. The Hall–Kier alpha value is -1.56. The van der Waals surface area contributed by atoms with Gasteiger partial charge in [-0.15, -0.1) is 0 Å². The number of pyridine rings is 1. The summed E-state index contributed by atoms with van der Waals surface area (Å²) >= 11 is 0. The number of alkyl halides is 2. The number of nitrogens with zero attached hydrogens (tertiary/aromatic N) is 1. The van der Waals surface area contributed by atoms with Gasteiger partial charge in [0, 0.05) is 6.20 Å². The van der Waals surface area contributed by atoms with Crippen LogP contribution in [0.2, 0.25) is 0 Å². The van der Waals surface area contributed by atoms with Gasteiger partial charge >= 0.3 is 0 Å². The molecule has 0 aromatic carbocycles. The smallest absolute Gasteiger partial charge is 0.274 e. The Balaban J connectivity index is 2.86. The number of aromatic nitrogens is 1. The van der Waals surface area contributed by atoms with Crippen molar-refractivity contribution in [3.63, 3.8) is 0 Å². The molecule has 1 rings (SSSR count). The molecule has 1 amide bonds. The lowest BCUT2D eigenvalue weighted by Gasteiger charge is -2.07. The number of carbonyl (C=O) groups is 1. The van der Waals surface area contributed by atoms with E-state index in [1.165, 1.54) is 6.07 Å². The number of amides is 1. The Labute approximate surface area is 91.6 Å². The molecule has 0 saturated heterocycles. The topological polar surface area (TPSA) is 51.2 Å². The van der Waals surface area contributed by atoms with E-state index in [1.807, 2.05) is 0 Å². The van der Waals surface area contributed by atoms with E-state index in [0.29, 0.717) is 12.2 Å². The van der Waals surface area contributed by atoms with Crippen LogP contribution in [0.15, 0.2) is 12.3 Å². The quantitative estimate of drug-likeness (QED) is 0.805. The molecule has 6 heteroatoms. The van der Waals surface area contributed by atoms with E-state index in [9.17, 15) is 13.6 Å². The first-order chi connectivity index (χ1) is 7.56. The second-order valence-electron chi connectivity index (χ2n) is 3.09. The standard InChI is InChI=1S/C10H12F2N2O2/c1-3-16-14-10(15)7-5-13-8(9(11)12)4-6(7)2/h4-5,9H,3H2,1-2H3,(H,14,15). The molecule has 1 N–H and O–H groups in total. The molecule has 16 heavy (non-hydrogen) atoms. The number of rotatable bonds is 4. The average Bonchev–Trinajstić information content (AvgIpc) is 2.25. The van der Waals surface area contributed by atoms with E-state index >= 15 is 0 Å². The number of halogens is 2.